The number of aliphatic hydroxyl groups is 2. The van der Waals surface area contributed by atoms with E-state index in [4.69, 9.17) is 0 Å². The monoisotopic (exact) mass is 285 g/mol. The normalized spacial score (nSPS) is 25.6. The zero-order valence-corrected chi connectivity index (χ0v) is 11.6. The van der Waals surface area contributed by atoms with Crippen molar-refractivity contribution in [1.82, 2.24) is 4.90 Å². The molecule has 1 aromatic rings. The van der Waals surface area contributed by atoms with E-state index in [2.05, 4.69) is 0 Å². The second-order valence-corrected chi connectivity index (χ2v) is 5.82. The average molecular weight is 285 g/mol. The van der Waals surface area contributed by atoms with Gasteiger partial charge in [-0.15, -0.1) is 0 Å². The van der Waals surface area contributed by atoms with E-state index in [0.29, 0.717) is 19.5 Å². The third-order valence-corrected chi connectivity index (χ3v) is 3.81. The fourth-order valence-electron chi connectivity index (χ4n) is 2.75. The summed E-state index contributed by atoms with van der Waals surface area (Å²) < 4.78 is 26.7. The molecule has 1 aliphatic heterocycles. The van der Waals surface area contributed by atoms with E-state index in [1.165, 1.54) is 12.1 Å². The minimum atomic E-state index is -1.03. The minimum Gasteiger partial charge on any atom is -0.389 e. The van der Waals surface area contributed by atoms with Crippen molar-refractivity contribution in [3.8, 4) is 0 Å². The molecule has 20 heavy (non-hydrogen) atoms. The number of benzene rings is 1. The highest BCUT2D eigenvalue weighted by Crippen LogP contribution is 2.24. The number of hydrogen-bond donors (Lipinski definition) is 2. The fraction of sp³-hybridized carbons (Fsp3) is 0.600. The molecule has 2 atom stereocenters. The van der Waals surface area contributed by atoms with Crippen molar-refractivity contribution < 1.29 is 19.0 Å². The topological polar surface area (TPSA) is 43.7 Å². The Kier molecular flexibility index (Phi) is 4.73. The van der Waals surface area contributed by atoms with Gasteiger partial charge in [0.05, 0.1) is 11.7 Å². The van der Waals surface area contributed by atoms with E-state index < -0.39 is 23.3 Å². The van der Waals surface area contributed by atoms with E-state index in [1.54, 1.807) is 6.92 Å². The molecule has 0 saturated carbocycles. The molecule has 3 nitrogen and oxygen atoms in total. The van der Waals surface area contributed by atoms with Crippen molar-refractivity contribution in [2.24, 2.45) is 0 Å². The standard InChI is InChI=1S/C15H21F2NO2/c1-15(20)7-3-8-18(10-15)9-6-13(19)11-4-2-5-12(16)14(11)17/h2,4-5,13,19-20H,3,6-10H2,1H3. The predicted octanol–water partition coefficient (Wildman–Crippen LogP) is 2.24. The van der Waals surface area contributed by atoms with E-state index in [9.17, 15) is 19.0 Å². The number of hydrogen-bond acceptors (Lipinski definition) is 3. The summed E-state index contributed by atoms with van der Waals surface area (Å²) in [5.74, 6) is -1.92. The van der Waals surface area contributed by atoms with Crippen molar-refractivity contribution in [3.05, 3.63) is 35.4 Å². The van der Waals surface area contributed by atoms with E-state index in [0.717, 1.165) is 25.5 Å². The molecular formula is C15H21F2NO2. The molecule has 1 aromatic carbocycles. The number of piperidine rings is 1. The van der Waals surface area contributed by atoms with Gasteiger partial charge in [-0.25, -0.2) is 8.78 Å². The van der Waals surface area contributed by atoms with Gasteiger partial charge in [0.2, 0.25) is 0 Å². The number of likely N-dealkylation sites (tertiary alicyclic amines) is 1. The first-order valence-electron chi connectivity index (χ1n) is 6.96. The van der Waals surface area contributed by atoms with Gasteiger partial charge in [0.25, 0.3) is 0 Å². The van der Waals surface area contributed by atoms with Crippen LogP contribution in [0.5, 0.6) is 0 Å². The molecule has 2 N–H and O–H groups in total. The summed E-state index contributed by atoms with van der Waals surface area (Å²) >= 11 is 0. The summed E-state index contributed by atoms with van der Waals surface area (Å²) in [6, 6.07) is 3.82. The van der Waals surface area contributed by atoms with Crippen LogP contribution in [0.2, 0.25) is 0 Å². The van der Waals surface area contributed by atoms with Crippen molar-refractivity contribution >= 4 is 0 Å². The van der Waals surface area contributed by atoms with Crippen LogP contribution in [0, 0.1) is 11.6 Å². The number of halogens is 2. The number of aliphatic hydroxyl groups excluding tert-OH is 1. The highest BCUT2D eigenvalue weighted by atomic mass is 19.2. The second kappa shape index (κ2) is 6.16. The van der Waals surface area contributed by atoms with Gasteiger partial charge in [0.1, 0.15) is 0 Å². The molecule has 0 aliphatic carbocycles. The van der Waals surface area contributed by atoms with Crippen LogP contribution in [0.3, 0.4) is 0 Å². The highest BCUT2D eigenvalue weighted by Gasteiger charge is 2.28. The lowest BCUT2D eigenvalue weighted by molar-refractivity contribution is -0.0193. The Morgan fingerprint density at radius 3 is 2.85 bits per heavy atom. The van der Waals surface area contributed by atoms with Crippen LogP contribution in [0.15, 0.2) is 18.2 Å². The summed E-state index contributed by atoms with van der Waals surface area (Å²) in [6.07, 6.45) is 0.955. The SMILES string of the molecule is CC1(O)CCCN(CCC(O)c2cccc(F)c2F)C1. The van der Waals surface area contributed by atoms with E-state index in [1.807, 2.05) is 4.90 Å². The van der Waals surface area contributed by atoms with Crippen LogP contribution in [-0.4, -0.2) is 40.3 Å². The second-order valence-electron chi connectivity index (χ2n) is 5.82. The van der Waals surface area contributed by atoms with Crippen molar-refractivity contribution in [3.63, 3.8) is 0 Å². The van der Waals surface area contributed by atoms with Gasteiger partial charge in [-0.1, -0.05) is 12.1 Å². The van der Waals surface area contributed by atoms with Crippen LogP contribution in [0.4, 0.5) is 8.78 Å². The highest BCUT2D eigenvalue weighted by molar-refractivity contribution is 5.21. The van der Waals surface area contributed by atoms with Gasteiger partial charge < -0.3 is 15.1 Å². The quantitative estimate of drug-likeness (QED) is 0.891. The molecule has 2 rings (SSSR count). The van der Waals surface area contributed by atoms with Gasteiger partial charge in [-0.05, 0) is 38.8 Å². The van der Waals surface area contributed by atoms with Crippen LogP contribution in [0.25, 0.3) is 0 Å². The first-order valence-corrected chi connectivity index (χ1v) is 6.96. The lowest BCUT2D eigenvalue weighted by Gasteiger charge is -2.37. The van der Waals surface area contributed by atoms with E-state index in [-0.39, 0.29) is 5.56 Å². The van der Waals surface area contributed by atoms with Crippen molar-refractivity contribution in [2.75, 3.05) is 19.6 Å². The first-order chi connectivity index (χ1) is 9.39. The molecule has 5 heteroatoms. The van der Waals surface area contributed by atoms with Crippen molar-refractivity contribution in [2.45, 2.75) is 37.9 Å². The van der Waals surface area contributed by atoms with Crippen LogP contribution in [0.1, 0.15) is 37.9 Å². The molecule has 0 bridgehead atoms. The van der Waals surface area contributed by atoms with Crippen LogP contribution < -0.4 is 0 Å². The summed E-state index contributed by atoms with van der Waals surface area (Å²) in [5.41, 5.74) is -0.707. The lowest BCUT2D eigenvalue weighted by Crippen LogP contribution is -2.46. The number of rotatable bonds is 4. The summed E-state index contributed by atoms with van der Waals surface area (Å²) in [5, 5.41) is 20.0. The average Bonchev–Trinajstić information content (AvgIpc) is 2.38. The minimum absolute atomic E-state index is 0.00577. The molecule has 1 aliphatic rings. The van der Waals surface area contributed by atoms with Crippen LogP contribution >= 0.6 is 0 Å². The first kappa shape index (κ1) is 15.4. The smallest absolute Gasteiger partial charge is 0.164 e. The maximum atomic E-state index is 13.6. The van der Waals surface area contributed by atoms with Gasteiger partial charge in [-0.3, -0.25) is 0 Å². The van der Waals surface area contributed by atoms with E-state index >= 15 is 0 Å². The Balaban J connectivity index is 1.92. The fourth-order valence-corrected chi connectivity index (χ4v) is 2.75. The number of β-amino-alcohol motifs (C(OH)–C–C–N with tert-alkyl or cyclic N) is 1. The zero-order valence-electron chi connectivity index (χ0n) is 11.6. The molecule has 0 radical (unpaired) electrons. The maximum Gasteiger partial charge on any atom is 0.164 e. The zero-order chi connectivity index (χ0) is 14.8. The third-order valence-electron chi connectivity index (χ3n) is 3.81. The summed E-state index contributed by atoms with van der Waals surface area (Å²) in [7, 11) is 0. The molecule has 0 spiro atoms. The molecular weight excluding hydrogens is 264 g/mol. The Morgan fingerprint density at radius 1 is 1.40 bits per heavy atom. The Labute approximate surface area is 117 Å². The molecule has 0 aromatic heterocycles. The summed E-state index contributed by atoms with van der Waals surface area (Å²) in [4.78, 5) is 2.05. The van der Waals surface area contributed by atoms with Gasteiger partial charge in [0.15, 0.2) is 11.6 Å². The molecule has 1 saturated heterocycles. The molecule has 112 valence electrons. The molecule has 1 heterocycles. The van der Waals surface area contributed by atoms with Gasteiger partial charge in [0, 0.05) is 18.7 Å². The Hall–Kier alpha value is -1.04. The Morgan fingerprint density at radius 2 is 2.15 bits per heavy atom. The van der Waals surface area contributed by atoms with Crippen molar-refractivity contribution in [1.29, 1.82) is 0 Å². The lowest BCUT2D eigenvalue weighted by atomic mass is 9.95. The third kappa shape index (κ3) is 3.75. The van der Waals surface area contributed by atoms with Gasteiger partial charge in [-0.2, -0.15) is 0 Å². The maximum absolute atomic E-state index is 13.6. The predicted molar refractivity (Wildman–Crippen MR) is 72.2 cm³/mol. The molecule has 2 unspecified atom stereocenters. The largest absolute Gasteiger partial charge is 0.389 e. The number of nitrogens with zero attached hydrogens (tertiary/aromatic N) is 1. The molecule has 1 fully saturated rings. The Bertz CT molecular complexity index is 465. The molecule has 0 amide bonds. The summed E-state index contributed by atoms with van der Waals surface area (Å²) in [6.45, 7) is 3.74. The van der Waals surface area contributed by atoms with Crippen LogP contribution in [-0.2, 0) is 0 Å². The van der Waals surface area contributed by atoms with Gasteiger partial charge >= 0.3 is 0 Å².